The van der Waals surface area contributed by atoms with E-state index >= 15 is 0 Å². The molecule has 0 heterocycles. The smallest absolute Gasteiger partial charge is 0.309 e. The Morgan fingerprint density at radius 2 is 1.36 bits per heavy atom. The van der Waals surface area contributed by atoms with E-state index in [0.29, 0.717) is 13.0 Å². The van der Waals surface area contributed by atoms with Crippen molar-refractivity contribution in [2.24, 2.45) is 11.8 Å². The van der Waals surface area contributed by atoms with Crippen LogP contribution in [-0.4, -0.2) is 24.6 Å². The minimum absolute atomic E-state index is 0.0641. The highest BCUT2D eigenvalue weighted by molar-refractivity contribution is 5.73. The van der Waals surface area contributed by atoms with Gasteiger partial charge in [0.15, 0.2) is 0 Å². The molecule has 2 aliphatic carbocycles. The molecule has 0 amide bonds. The Bertz CT molecular complexity index is 354. The largest absolute Gasteiger partial charge is 0.465 e. The number of carbonyl (C=O) groups is 2. The lowest BCUT2D eigenvalue weighted by Gasteiger charge is -2.23. The van der Waals surface area contributed by atoms with E-state index in [-0.39, 0.29) is 29.9 Å². The first-order valence-corrected chi connectivity index (χ1v) is 9.04. The number of hydrogen-bond acceptors (Lipinski definition) is 4. The Labute approximate surface area is 133 Å². The summed E-state index contributed by atoms with van der Waals surface area (Å²) >= 11 is 0. The average molecular weight is 310 g/mol. The molecule has 0 aliphatic heterocycles. The van der Waals surface area contributed by atoms with Crippen molar-refractivity contribution < 1.29 is 19.1 Å². The van der Waals surface area contributed by atoms with Gasteiger partial charge in [-0.15, -0.1) is 0 Å². The minimum Gasteiger partial charge on any atom is -0.465 e. The van der Waals surface area contributed by atoms with Gasteiger partial charge in [0.1, 0.15) is 6.10 Å². The Morgan fingerprint density at radius 3 is 1.91 bits per heavy atom. The molecule has 1 atom stereocenters. The first-order chi connectivity index (χ1) is 10.7. The molecule has 0 N–H and O–H groups in total. The van der Waals surface area contributed by atoms with Gasteiger partial charge in [-0.25, -0.2) is 0 Å². The third-order valence-corrected chi connectivity index (χ3v) is 4.96. The molecule has 0 aromatic rings. The van der Waals surface area contributed by atoms with Crippen LogP contribution in [-0.2, 0) is 19.1 Å². The van der Waals surface area contributed by atoms with Crippen molar-refractivity contribution in [3.05, 3.63) is 0 Å². The number of esters is 2. The summed E-state index contributed by atoms with van der Waals surface area (Å²) in [5, 5.41) is 0. The molecule has 2 aliphatic rings. The highest BCUT2D eigenvalue weighted by Gasteiger charge is 2.25. The Balaban J connectivity index is 1.59. The van der Waals surface area contributed by atoms with Gasteiger partial charge in [0, 0.05) is 6.42 Å². The maximum atomic E-state index is 12.0. The summed E-state index contributed by atoms with van der Waals surface area (Å²) in [6, 6.07) is 0. The number of hydrogen-bond donors (Lipinski definition) is 0. The quantitative estimate of drug-likeness (QED) is 0.696. The van der Waals surface area contributed by atoms with Crippen LogP contribution in [0.4, 0.5) is 0 Å². The first-order valence-electron chi connectivity index (χ1n) is 9.04. The summed E-state index contributed by atoms with van der Waals surface area (Å²) < 4.78 is 10.8. The SMILES string of the molecule is CC(CCOC(=O)C1CCCCC1)OC(=O)C1CCCCC1. The van der Waals surface area contributed by atoms with Crippen LogP contribution in [0.5, 0.6) is 0 Å². The third-order valence-electron chi connectivity index (χ3n) is 4.96. The van der Waals surface area contributed by atoms with E-state index in [4.69, 9.17) is 9.47 Å². The van der Waals surface area contributed by atoms with Gasteiger partial charge < -0.3 is 9.47 Å². The fourth-order valence-electron chi connectivity index (χ4n) is 3.47. The zero-order valence-corrected chi connectivity index (χ0v) is 13.9. The highest BCUT2D eigenvalue weighted by Crippen LogP contribution is 2.26. The topological polar surface area (TPSA) is 52.6 Å². The van der Waals surface area contributed by atoms with Crippen LogP contribution in [0.15, 0.2) is 0 Å². The van der Waals surface area contributed by atoms with Crippen molar-refractivity contribution in [3.63, 3.8) is 0 Å². The van der Waals surface area contributed by atoms with E-state index in [9.17, 15) is 9.59 Å². The number of ether oxygens (including phenoxy) is 2. The minimum atomic E-state index is -0.173. The van der Waals surface area contributed by atoms with Gasteiger partial charge in [0.25, 0.3) is 0 Å². The molecule has 4 nitrogen and oxygen atoms in total. The van der Waals surface area contributed by atoms with Crippen LogP contribution in [0.25, 0.3) is 0 Å². The number of carbonyl (C=O) groups excluding carboxylic acids is 2. The molecule has 4 heteroatoms. The third kappa shape index (κ3) is 5.62. The molecule has 0 saturated heterocycles. The van der Waals surface area contributed by atoms with E-state index in [1.165, 1.54) is 12.8 Å². The van der Waals surface area contributed by atoms with Crippen molar-refractivity contribution in [2.45, 2.75) is 83.7 Å². The fraction of sp³-hybridized carbons (Fsp3) is 0.889. The zero-order valence-electron chi connectivity index (χ0n) is 13.9. The van der Waals surface area contributed by atoms with Gasteiger partial charge in [-0.1, -0.05) is 38.5 Å². The lowest BCUT2D eigenvalue weighted by molar-refractivity contribution is -0.156. The van der Waals surface area contributed by atoms with Gasteiger partial charge in [-0.2, -0.15) is 0 Å². The Morgan fingerprint density at radius 1 is 0.864 bits per heavy atom. The van der Waals surface area contributed by atoms with Crippen molar-refractivity contribution in [1.29, 1.82) is 0 Å². The van der Waals surface area contributed by atoms with Crippen LogP contribution >= 0.6 is 0 Å². The van der Waals surface area contributed by atoms with Crippen LogP contribution in [0, 0.1) is 11.8 Å². The molecular weight excluding hydrogens is 280 g/mol. The molecule has 0 bridgehead atoms. The Kier molecular flexibility index (Phi) is 7.20. The Hall–Kier alpha value is -1.06. The zero-order chi connectivity index (χ0) is 15.8. The molecule has 2 fully saturated rings. The summed E-state index contributed by atoms with van der Waals surface area (Å²) in [5.74, 6) is 0.0474. The molecule has 2 saturated carbocycles. The summed E-state index contributed by atoms with van der Waals surface area (Å²) in [5.41, 5.74) is 0. The molecule has 22 heavy (non-hydrogen) atoms. The van der Waals surface area contributed by atoms with Crippen LogP contribution in [0.3, 0.4) is 0 Å². The summed E-state index contributed by atoms with van der Waals surface area (Å²) in [6.45, 7) is 2.24. The molecular formula is C18H30O4. The molecule has 126 valence electrons. The van der Waals surface area contributed by atoms with Gasteiger partial charge in [0.05, 0.1) is 18.4 Å². The van der Waals surface area contributed by atoms with Crippen molar-refractivity contribution >= 4 is 11.9 Å². The standard InChI is InChI=1S/C18H30O4/c1-14(22-18(20)16-10-6-3-7-11-16)12-13-21-17(19)15-8-4-2-5-9-15/h14-16H,2-13H2,1H3. The summed E-state index contributed by atoms with van der Waals surface area (Å²) in [7, 11) is 0. The van der Waals surface area contributed by atoms with Gasteiger partial charge in [-0.3, -0.25) is 9.59 Å². The maximum absolute atomic E-state index is 12.0. The van der Waals surface area contributed by atoms with Crippen LogP contribution in [0.1, 0.15) is 77.6 Å². The molecule has 0 aromatic carbocycles. The van der Waals surface area contributed by atoms with Crippen LogP contribution in [0.2, 0.25) is 0 Å². The monoisotopic (exact) mass is 310 g/mol. The predicted octanol–water partition coefficient (Wildman–Crippen LogP) is 4.01. The predicted molar refractivity (Wildman–Crippen MR) is 84.3 cm³/mol. The van der Waals surface area contributed by atoms with E-state index < -0.39 is 0 Å². The maximum Gasteiger partial charge on any atom is 0.309 e. The van der Waals surface area contributed by atoms with E-state index in [1.54, 1.807) is 0 Å². The first kappa shape index (κ1) is 17.3. The molecule has 0 radical (unpaired) electrons. The van der Waals surface area contributed by atoms with Crippen molar-refractivity contribution in [2.75, 3.05) is 6.61 Å². The normalized spacial score (nSPS) is 22.0. The second-order valence-corrected chi connectivity index (χ2v) is 6.87. The number of rotatable bonds is 6. The lowest BCUT2D eigenvalue weighted by atomic mass is 9.89. The van der Waals surface area contributed by atoms with E-state index in [2.05, 4.69) is 0 Å². The average Bonchev–Trinajstić information content (AvgIpc) is 2.56. The van der Waals surface area contributed by atoms with Gasteiger partial charge in [-0.05, 0) is 32.6 Å². The second kappa shape index (κ2) is 9.16. The van der Waals surface area contributed by atoms with E-state index in [0.717, 1.165) is 51.4 Å². The molecule has 0 spiro atoms. The van der Waals surface area contributed by atoms with E-state index in [1.807, 2.05) is 6.92 Å². The van der Waals surface area contributed by atoms with Crippen LogP contribution < -0.4 is 0 Å². The molecule has 2 rings (SSSR count). The van der Waals surface area contributed by atoms with Crippen molar-refractivity contribution in [1.82, 2.24) is 0 Å². The molecule has 1 unspecified atom stereocenters. The fourth-order valence-corrected chi connectivity index (χ4v) is 3.47. The van der Waals surface area contributed by atoms with Gasteiger partial charge in [0.2, 0.25) is 0 Å². The van der Waals surface area contributed by atoms with Gasteiger partial charge >= 0.3 is 11.9 Å². The van der Waals surface area contributed by atoms with Crippen molar-refractivity contribution in [3.8, 4) is 0 Å². The summed E-state index contributed by atoms with van der Waals surface area (Å²) in [6.07, 6.45) is 11.3. The highest BCUT2D eigenvalue weighted by atomic mass is 16.6. The second-order valence-electron chi connectivity index (χ2n) is 6.87. The lowest BCUT2D eigenvalue weighted by Crippen LogP contribution is -2.26. The summed E-state index contributed by atoms with van der Waals surface area (Å²) in [4.78, 5) is 23.9. The molecule has 0 aromatic heterocycles.